The van der Waals surface area contributed by atoms with Crippen LogP contribution in [0.25, 0.3) is 27.8 Å². The topological polar surface area (TPSA) is 58.8 Å². The minimum Gasteiger partial charge on any atom is -0.412 e. The smallest absolute Gasteiger partial charge is 0.0629 e. The lowest BCUT2D eigenvalue weighted by atomic mass is 9.99. The molecule has 1 aliphatic carbocycles. The first kappa shape index (κ1) is 40.2. The summed E-state index contributed by atoms with van der Waals surface area (Å²) >= 11 is 0. The summed E-state index contributed by atoms with van der Waals surface area (Å²) in [5.41, 5.74) is 14.7. The summed E-state index contributed by atoms with van der Waals surface area (Å²) in [6.45, 7) is 0. The van der Waals surface area contributed by atoms with Gasteiger partial charge in [0.2, 0.25) is 0 Å². The molecule has 8 aromatic rings. The second-order valence-electron chi connectivity index (χ2n) is 14.1. The van der Waals surface area contributed by atoms with Gasteiger partial charge in [-0.2, -0.15) is 0 Å². The standard InChI is InChI=1S/C48H39N3.C6H7P.H2O/c1-5-13-36(14-6-1)38-21-28-44(29-22-38)51(45-30-23-39(24-31-45)37-15-7-2-8-16-37)46-32-25-40(26-33-46)41-27-34-47(49-42-17-9-3-10-18-42)48(35-41)50-43-19-11-4-12-20-43;7-6-4-2-1-3-5-6;/h1,3-7,9-35,49-50H,2,8H2;1-5H,7H2;1H2. The van der Waals surface area contributed by atoms with Gasteiger partial charge in [-0.25, -0.2) is 0 Å². The Labute approximate surface area is 350 Å². The Kier molecular flexibility index (Phi) is 13.6. The zero-order chi connectivity index (χ0) is 39.4. The molecule has 0 saturated heterocycles. The molecular formula is C54H48N3OP. The largest absolute Gasteiger partial charge is 0.412 e. The Morgan fingerprint density at radius 2 is 0.814 bits per heavy atom. The van der Waals surface area contributed by atoms with Gasteiger partial charge in [0.25, 0.3) is 0 Å². The number of anilines is 7. The minimum atomic E-state index is 0. The van der Waals surface area contributed by atoms with Crippen LogP contribution in [0.4, 0.5) is 39.8 Å². The van der Waals surface area contributed by atoms with Crippen LogP contribution in [0.1, 0.15) is 18.4 Å². The van der Waals surface area contributed by atoms with E-state index in [9.17, 15) is 0 Å². The van der Waals surface area contributed by atoms with Crippen LogP contribution in [0.15, 0.2) is 231 Å². The van der Waals surface area contributed by atoms with Crippen molar-refractivity contribution in [2.24, 2.45) is 0 Å². The Morgan fingerprint density at radius 1 is 0.390 bits per heavy atom. The van der Waals surface area contributed by atoms with Crippen LogP contribution in [0.2, 0.25) is 0 Å². The fraction of sp³-hybridized carbons (Fsp3) is 0.0370. The summed E-state index contributed by atoms with van der Waals surface area (Å²) in [7, 11) is 2.63. The molecule has 0 radical (unpaired) electrons. The van der Waals surface area contributed by atoms with Crippen LogP contribution in [0, 0.1) is 0 Å². The SMILES string of the molecule is C1=CC(c2ccc(N(c3ccc(-c4ccccc4)cc3)c3ccc(-c4ccc(Nc5ccccc5)c(Nc5ccccc5)c4)cc3)cc2)=CCC1.O.Pc1ccccc1. The molecular weight excluding hydrogens is 738 g/mol. The first-order valence-electron chi connectivity index (χ1n) is 19.8. The summed E-state index contributed by atoms with van der Waals surface area (Å²) < 4.78 is 0. The maximum atomic E-state index is 3.64. The molecule has 8 aromatic carbocycles. The molecule has 4 N–H and O–H groups in total. The minimum absolute atomic E-state index is 0. The molecule has 59 heavy (non-hydrogen) atoms. The van der Waals surface area contributed by atoms with Gasteiger partial charge in [0, 0.05) is 28.4 Å². The van der Waals surface area contributed by atoms with E-state index in [4.69, 9.17) is 0 Å². The Bertz CT molecular complexity index is 2580. The van der Waals surface area contributed by atoms with Crippen LogP contribution < -0.4 is 20.8 Å². The van der Waals surface area contributed by atoms with Crippen molar-refractivity contribution in [2.75, 3.05) is 15.5 Å². The first-order chi connectivity index (χ1) is 28.7. The maximum absolute atomic E-state index is 3.64. The van der Waals surface area contributed by atoms with Crippen molar-refractivity contribution in [2.45, 2.75) is 12.8 Å². The maximum Gasteiger partial charge on any atom is 0.0629 e. The third kappa shape index (κ3) is 10.5. The molecule has 0 aliphatic heterocycles. The van der Waals surface area contributed by atoms with Crippen molar-refractivity contribution in [3.8, 4) is 22.3 Å². The Balaban J connectivity index is 0.000000600. The van der Waals surface area contributed by atoms with Gasteiger partial charge in [-0.05, 0) is 124 Å². The summed E-state index contributed by atoms with van der Waals surface area (Å²) in [4.78, 5) is 2.34. The summed E-state index contributed by atoms with van der Waals surface area (Å²) in [6, 6.07) is 74.5. The van der Waals surface area contributed by atoms with E-state index in [-0.39, 0.29) is 5.48 Å². The van der Waals surface area contributed by atoms with Crippen molar-refractivity contribution >= 4 is 59.9 Å². The van der Waals surface area contributed by atoms with E-state index < -0.39 is 0 Å². The summed E-state index contributed by atoms with van der Waals surface area (Å²) in [5.74, 6) is 0. The second kappa shape index (κ2) is 19.9. The average Bonchev–Trinajstić information content (AvgIpc) is 3.30. The fourth-order valence-electron chi connectivity index (χ4n) is 7.06. The van der Waals surface area contributed by atoms with Gasteiger partial charge in [0.1, 0.15) is 0 Å². The van der Waals surface area contributed by atoms with E-state index in [0.717, 1.165) is 63.8 Å². The van der Waals surface area contributed by atoms with E-state index in [0.29, 0.717) is 0 Å². The quantitative estimate of drug-likeness (QED) is 0.136. The third-order valence-corrected chi connectivity index (χ3v) is 10.5. The zero-order valence-corrected chi connectivity index (χ0v) is 34.0. The summed E-state index contributed by atoms with van der Waals surface area (Å²) in [5, 5.41) is 8.47. The van der Waals surface area contributed by atoms with E-state index in [1.165, 1.54) is 27.6 Å². The molecule has 1 unspecified atom stereocenters. The molecule has 0 amide bonds. The molecule has 5 heteroatoms. The highest BCUT2D eigenvalue weighted by molar-refractivity contribution is 7.27. The van der Waals surface area contributed by atoms with Crippen LogP contribution in [0.5, 0.6) is 0 Å². The first-order valence-corrected chi connectivity index (χ1v) is 20.4. The Morgan fingerprint density at radius 3 is 1.29 bits per heavy atom. The number of hydrogen-bond acceptors (Lipinski definition) is 3. The van der Waals surface area contributed by atoms with E-state index in [1.54, 1.807) is 0 Å². The van der Waals surface area contributed by atoms with Gasteiger partial charge in [-0.15, -0.1) is 9.24 Å². The monoisotopic (exact) mass is 785 g/mol. The number of para-hydroxylation sites is 2. The van der Waals surface area contributed by atoms with Gasteiger partial charge in [0.05, 0.1) is 11.4 Å². The molecule has 0 spiro atoms. The van der Waals surface area contributed by atoms with Crippen molar-refractivity contribution in [1.29, 1.82) is 0 Å². The van der Waals surface area contributed by atoms with Crippen molar-refractivity contribution in [1.82, 2.24) is 0 Å². The molecule has 0 fully saturated rings. The number of allylic oxidation sites excluding steroid dienone is 4. The van der Waals surface area contributed by atoms with E-state index >= 15 is 0 Å². The van der Waals surface area contributed by atoms with Crippen molar-refractivity contribution in [3.05, 3.63) is 236 Å². The van der Waals surface area contributed by atoms with Crippen molar-refractivity contribution in [3.63, 3.8) is 0 Å². The number of nitrogens with one attached hydrogen (secondary N) is 2. The van der Waals surface area contributed by atoms with Crippen molar-refractivity contribution < 1.29 is 5.48 Å². The number of nitrogens with zero attached hydrogens (tertiary/aromatic N) is 1. The van der Waals surface area contributed by atoms with Crippen LogP contribution in [-0.4, -0.2) is 5.48 Å². The van der Waals surface area contributed by atoms with Gasteiger partial charge in [-0.3, -0.25) is 0 Å². The predicted molar refractivity (Wildman–Crippen MR) is 257 cm³/mol. The Hall–Kier alpha value is -6.97. The lowest BCUT2D eigenvalue weighted by Crippen LogP contribution is -2.10. The zero-order valence-electron chi connectivity index (χ0n) is 32.9. The number of hydrogen-bond donors (Lipinski definition) is 2. The van der Waals surface area contributed by atoms with Gasteiger partial charge < -0.3 is 21.0 Å². The normalized spacial score (nSPS) is 11.6. The lowest BCUT2D eigenvalue weighted by molar-refractivity contribution is 0.824. The number of benzene rings is 8. The molecule has 9 rings (SSSR count). The molecule has 0 saturated carbocycles. The lowest BCUT2D eigenvalue weighted by Gasteiger charge is -2.26. The van der Waals surface area contributed by atoms with E-state index in [2.05, 4.69) is 189 Å². The van der Waals surface area contributed by atoms with E-state index in [1.807, 2.05) is 66.7 Å². The molecule has 4 nitrogen and oxygen atoms in total. The molecule has 0 aromatic heterocycles. The van der Waals surface area contributed by atoms with Gasteiger partial charge in [-0.1, -0.05) is 158 Å². The van der Waals surface area contributed by atoms with Crippen LogP contribution >= 0.6 is 9.24 Å². The highest BCUT2D eigenvalue weighted by Gasteiger charge is 2.15. The molecule has 0 heterocycles. The van der Waals surface area contributed by atoms with Gasteiger partial charge in [0.15, 0.2) is 0 Å². The molecule has 1 atom stereocenters. The van der Waals surface area contributed by atoms with Gasteiger partial charge >= 0.3 is 0 Å². The predicted octanol–water partition coefficient (Wildman–Crippen LogP) is 14.1. The highest BCUT2D eigenvalue weighted by Crippen LogP contribution is 2.39. The molecule has 1 aliphatic rings. The summed E-state index contributed by atoms with van der Waals surface area (Å²) in [6.07, 6.45) is 9.04. The molecule has 0 bridgehead atoms. The second-order valence-corrected chi connectivity index (χ2v) is 14.8. The molecule has 290 valence electrons. The third-order valence-electron chi connectivity index (χ3n) is 10.1. The highest BCUT2D eigenvalue weighted by atomic mass is 31.0. The average molecular weight is 786 g/mol. The number of rotatable bonds is 10. The van der Waals surface area contributed by atoms with Crippen LogP contribution in [0.3, 0.4) is 0 Å². The fourth-order valence-corrected chi connectivity index (χ4v) is 7.28. The van der Waals surface area contributed by atoms with Crippen LogP contribution in [-0.2, 0) is 0 Å².